The van der Waals surface area contributed by atoms with Crippen molar-refractivity contribution in [3.8, 4) is 22.9 Å². The number of ether oxygens (including phenoxy) is 1. The minimum absolute atomic E-state index is 0.526. The molecule has 0 fully saturated rings. The predicted molar refractivity (Wildman–Crippen MR) is 76.9 cm³/mol. The Morgan fingerprint density at radius 2 is 1.47 bits per heavy atom. The largest absolute Gasteiger partial charge is 0.493 e. The topological polar surface area (TPSA) is 33.0 Å². The second kappa shape index (κ2) is 6.06. The molecule has 96 valence electrons. The lowest BCUT2D eigenvalue weighted by molar-refractivity contribution is 0.271. The molecule has 0 heterocycles. The smallest absolute Gasteiger partial charge is 0.119 e. The maximum Gasteiger partial charge on any atom is 0.119 e. The molecular weight excluding hydrogens is 234 g/mol. The molecule has 0 aliphatic carbocycles. The third-order valence-electron chi connectivity index (χ3n) is 2.78. The van der Waals surface area contributed by atoms with Gasteiger partial charge in [-0.1, -0.05) is 38.1 Å². The monoisotopic (exact) mass is 251 g/mol. The van der Waals surface area contributed by atoms with Crippen LogP contribution in [0.2, 0.25) is 0 Å². The van der Waals surface area contributed by atoms with E-state index in [1.807, 2.05) is 48.5 Å². The van der Waals surface area contributed by atoms with Crippen LogP contribution < -0.4 is 4.74 Å². The van der Waals surface area contributed by atoms with Gasteiger partial charge in [0.25, 0.3) is 0 Å². The summed E-state index contributed by atoms with van der Waals surface area (Å²) in [5, 5.41) is 8.77. The highest BCUT2D eigenvalue weighted by molar-refractivity contribution is 5.64. The van der Waals surface area contributed by atoms with Gasteiger partial charge in [0.05, 0.1) is 18.2 Å². The molecule has 0 atom stereocenters. The molecule has 0 unspecified atom stereocenters. The summed E-state index contributed by atoms with van der Waals surface area (Å²) in [6.07, 6.45) is 0. The van der Waals surface area contributed by atoms with Crippen molar-refractivity contribution in [2.45, 2.75) is 13.8 Å². The van der Waals surface area contributed by atoms with Crippen molar-refractivity contribution >= 4 is 0 Å². The Balaban J connectivity index is 2.11. The lowest BCUT2D eigenvalue weighted by Crippen LogP contribution is -2.04. The van der Waals surface area contributed by atoms with Gasteiger partial charge in [0.2, 0.25) is 0 Å². The van der Waals surface area contributed by atoms with Crippen LogP contribution >= 0.6 is 0 Å². The average Bonchev–Trinajstić information content (AvgIpc) is 2.46. The molecule has 2 aromatic rings. The van der Waals surface area contributed by atoms with Crippen molar-refractivity contribution in [1.29, 1.82) is 5.26 Å². The first-order valence-electron chi connectivity index (χ1n) is 6.42. The maximum absolute atomic E-state index is 8.77. The van der Waals surface area contributed by atoms with Crippen molar-refractivity contribution in [2.75, 3.05) is 6.61 Å². The molecule has 0 bridgehead atoms. The van der Waals surface area contributed by atoms with E-state index < -0.39 is 0 Å². The summed E-state index contributed by atoms with van der Waals surface area (Å²) < 4.78 is 5.65. The third kappa shape index (κ3) is 3.59. The van der Waals surface area contributed by atoms with Crippen LogP contribution in [-0.4, -0.2) is 6.61 Å². The van der Waals surface area contributed by atoms with Gasteiger partial charge < -0.3 is 4.74 Å². The second-order valence-electron chi connectivity index (χ2n) is 4.92. The zero-order chi connectivity index (χ0) is 13.7. The van der Waals surface area contributed by atoms with Crippen LogP contribution in [0, 0.1) is 17.2 Å². The van der Waals surface area contributed by atoms with E-state index in [0.29, 0.717) is 11.5 Å². The van der Waals surface area contributed by atoms with Gasteiger partial charge in [0.1, 0.15) is 5.75 Å². The summed E-state index contributed by atoms with van der Waals surface area (Å²) in [7, 11) is 0. The highest BCUT2D eigenvalue weighted by Crippen LogP contribution is 2.23. The Morgan fingerprint density at radius 1 is 0.947 bits per heavy atom. The predicted octanol–water partition coefficient (Wildman–Crippen LogP) is 4.26. The van der Waals surface area contributed by atoms with Crippen LogP contribution in [0.4, 0.5) is 0 Å². The van der Waals surface area contributed by atoms with E-state index in [2.05, 4.69) is 19.9 Å². The quantitative estimate of drug-likeness (QED) is 0.813. The summed E-state index contributed by atoms with van der Waals surface area (Å²) in [6, 6.07) is 17.7. The van der Waals surface area contributed by atoms with Crippen LogP contribution in [-0.2, 0) is 0 Å². The van der Waals surface area contributed by atoms with Gasteiger partial charge >= 0.3 is 0 Å². The van der Waals surface area contributed by atoms with Gasteiger partial charge in [-0.3, -0.25) is 0 Å². The average molecular weight is 251 g/mol. The Kier molecular flexibility index (Phi) is 4.20. The van der Waals surface area contributed by atoms with Gasteiger partial charge in [0.15, 0.2) is 0 Å². The maximum atomic E-state index is 8.77. The first-order chi connectivity index (χ1) is 9.19. The SMILES string of the molecule is CC(C)COc1ccc(-c2ccc(C#N)cc2)cc1. The van der Waals surface area contributed by atoms with Crippen LogP contribution in [0.3, 0.4) is 0 Å². The van der Waals surface area contributed by atoms with E-state index in [4.69, 9.17) is 10.00 Å². The second-order valence-corrected chi connectivity index (χ2v) is 4.92. The Morgan fingerprint density at radius 3 is 1.95 bits per heavy atom. The molecule has 0 N–H and O–H groups in total. The van der Waals surface area contributed by atoms with Gasteiger partial charge in [-0.15, -0.1) is 0 Å². The molecule has 0 aromatic heterocycles. The first-order valence-corrected chi connectivity index (χ1v) is 6.42. The van der Waals surface area contributed by atoms with Crippen LogP contribution in [0.15, 0.2) is 48.5 Å². The summed E-state index contributed by atoms with van der Waals surface area (Å²) in [4.78, 5) is 0. The molecule has 2 aromatic carbocycles. The highest BCUT2D eigenvalue weighted by Gasteiger charge is 2.00. The summed E-state index contributed by atoms with van der Waals surface area (Å²) >= 11 is 0. The Hall–Kier alpha value is -2.27. The van der Waals surface area contributed by atoms with Crippen molar-refractivity contribution < 1.29 is 4.74 Å². The Bertz CT molecular complexity index is 562. The fourth-order valence-electron chi connectivity index (χ4n) is 1.74. The minimum atomic E-state index is 0.526. The summed E-state index contributed by atoms with van der Waals surface area (Å²) in [5.74, 6) is 1.42. The Labute approximate surface area is 114 Å². The number of hydrogen-bond donors (Lipinski definition) is 0. The third-order valence-corrected chi connectivity index (χ3v) is 2.78. The standard InChI is InChI=1S/C17H17NO/c1-13(2)12-19-17-9-7-16(8-10-17)15-5-3-14(11-18)4-6-15/h3-10,13H,12H2,1-2H3. The molecule has 19 heavy (non-hydrogen) atoms. The molecule has 0 aliphatic heterocycles. The number of benzene rings is 2. The molecule has 2 heteroatoms. The molecule has 0 spiro atoms. The van der Waals surface area contributed by atoms with Crippen LogP contribution in [0.5, 0.6) is 5.75 Å². The van der Waals surface area contributed by atoms with Crippen LogP contribution in [0.25, 0.3) is 11.1 Å². The van der Waals surface area contributed by atoms with E-state index in [0.717, 1.165) is 23.5 Å². The fourth-order valence-corrected chi connectivity index (χ4v) is 1.74. The van der Waals surface area contributed by atoms with E-state index in [9.17, 15) is 0 Å². The number of nitriles is 1. The molecule has 0 radical (unpaired) electrons. The van der Waals surface area contributed by atoms with Crippen molar-refractivity contribution in [3.63, 3.8) is 0 Å². The fraction of sp³-hybridized carbons (Fsp3) is 0.235. The van der Waals surface area contributed by atoms with Gasteiger partial charge in [0, 0.05) is 0 Å². The molecule has 2 nitrogen and oxygen atoms in total. The summed E-state index contributed by atoms with van der Waals surface area (Å²) in [6.45, 7) is 4.99. The minimum Gasteiger partial charge on any atom is -0.493 e. The number of rotatable bonds is 4. The zero-order valence-corrected chi connectivity index (χ0v) is 11.3. The van der Waals surface area contributed by atoms with E-state index in [-0.39, 0.29) is 0 Å². The van der Waals surface area contributed by atoms with Crippen molar-refractivity contribution in [1.82, 2.24) is 0 Å². The van der Waals surface area contributed by atoms with Gasteiger partial charge in [-0.25, -0.2) is 0 Å². The number of hydrogen-bond acceptors (Lipinski definition) is 2. The van der Waals surface area contributed by atoms with Gasteiger partial charge in [-0.2, -0.15) is 5.26 Å². The molecular formula is C17H17NO. The molecule has 0 saturated carbocycles. The molecule has 0 amide bonds. The van der Waals surface area contributed by atoms with E-state index in [1.165, 1.54) is 0 Å². The molecule has 0 aliphatic rings. The molecule has 0 saturated heterocycles. The van der Waals surface area contributed by atoms with E-state index >= 15 is 0 Å². The molecule has 2 rings (SSSR count). The highest BCUT2D eigenvalue weighted by atomic mass is 16.5. The normalized spacial score (nSPS) is 10.2. The summed E-state index contributed by atoms with van der Waals surface area (Å²) in [5.41, 5.74) is 2.91. The number of nitrogens with zero attached hydrogens (tertiary/aromatic N) is 1. The zero-order valence-electron chi connectivity index (χ0n) is 11.3. The lowest BCUT2D eigenvalue weighted by Gasteiger charge is -2.09. The van der Waals surface area contributed by atoms with Crippen molar-refractivity contribution in [3.05, 3.63) is 54.1 Å². The van der Waals surface area contributed by atoms with Crippen molar-refractivity contribution in [2.24, 2.45) is 5.92 Å². The van der Waals surface area contributed by atoms with E-state index in [1.54, 1.807) is 0 Å². The first kappa shape index (κ1) is 13.2. The lowest BCUT2D eigenvalue weighted by atomic mass is 10.0. The van der Waals surface area contributed by atoms with Gasteiger partial charge in [-0.05, 0) is 41.3 Å². The van der Waals surface area contributed by atoms with Crippen LogP contribution in [0.1, 0.15) is 19.4 Å².